The van der Waals surface area contributed by atoms with E-state index in [4.69, 9.17) is 11.6 Å². The number of hydrogen-bond donors (Lipinski definition) is 2. The van der Waals surface area contributed by atoms with Gasteiger partial charge in [-0.05, 0) is 25.2 Å². The molecule has 0 spiro atoms. The summed E-state index contributed by atoms with van der Waals surface area (Å²) in [5, 5.41) is 5.45. The fourth-order valence-electron chi connectivity index (χ4n) is 1.91. The van der Waals surface area contributed by atoms with E-state index in [1.54, 1.807) is 6.20 Å². The molecule has 4 heteroatoms. The number of alkyl halides is 1. The molecule has 0 saturated heterocycles. The Morgan fingerprint density at radius 1 is 1.31 bits per heavy atom. The molecule has 1 rings (SSSR count). The zero-order chi connectivity index (χ0) is 11.6. The Morgan fingerprint density at radius 3 is 2.75 bits per heavy atom. The van der Waals surface area contributed by atoms with Crippen molar-refractivity contribution in [1.82, 2.24) is 10.6 Å². The number of nitrogens with one attached hydrogen (secondary N) is 2. The van der Waals surface area contributed by atoms with Gasteiger partial charge in [-0.15, -0.1) is 11.6 Å². The van der Waals surface area contributed by atoms with Gasteiger partial charge in [0.05, 0.1) is 0 Å². The minimum absolute atomic E-state index is 0.142. The molecule has 0 aromatic heterocycles. The number of carbonyl (C=O) groups excluding carboxylic acids is 1. The summed E-state index contributed by atoms with van der Waals surface area (Å²) < 4.78 is 0. The first-order valence-electron chi connectivity index (χ1n) is 6.10. The Hall–Kier alpha value is -0.700. The second-order valence-corrected chi connectivity index (χ2v) is 4.58. The Balaban J connectivity index is 2.07. The standard InChI is InChI=1S/C12H21ClN2O/c13-8-4-9-14-12(16)15-10-7-11-5-2-1-3-6-11/h7,10-11H,1-6,8-9H2,(H2,14,15,16)/b10-7+. The number of halogens is 1. The van der Waals surface area contributed by atoms with Gasteiger partial charge in [0.2, 0.25) is 0 Å². The molecule has 0 heterocycles. The molecular weight excluding hydrogens is 224 g/mol. The van der Waals surface area contributed by atoms with Gasteiger partial charge in [0.25, 0.3) is 0 Å². The maximum absolute atomic E-state index is 11.2. The second-order valence-electron chi connectivity index (χ2n) is 4.20. The summed E-state index contributed by atoms with van der Waals surface area (Å²) in [6.45, 7) is 0.632. The van der Waals surface area contributed by atoms with Crippen molar-refractivity contribution < 1.29 is 4.79 Å². The van der Waals surface area contributed by atoms with Crippen molar-refractivity contribution in [3.05, 3.63) is 12.3 Å². The maximum atomic E-state index is 11.2. The van der Waals surface area contributed by atoms with E-state index in [9.17, 15) is 4.79 Å². The normalized spacial score (nSPS) is 17.6. The zero-order valence-corrected chi connectivity index (χ0v) is 10.4. The van der Waals surface area contributed by atoms with E-state index in [2.05, 4.69) is 16.7 Å². The Bertz CT molecular complexity index is 225. The molecule has 2 amide bonds. The molecule has 0 bridgehead atoms. The van der Waals surface area contributed by atoms with Crippen molar-refractivity contribution in [2.45, 2.75) is 38.5 Å². The summed E-state index contributed by atoms with van der Waals surface area (Å²) >= 11 is 5.51. The predicted molar refractivity (Wildman–Crippen MR) is 67.6 cm³/mol. The fraction of sp³-hybridized carbons (Fsp3) is 0.750. The van der Waals surface area contributed by atoms with Crippen LogP contribution in [0.3, 0.4) is 0 Å². The molecule has 1 aliphatic rings. The number of carbonyl (C=O) groups is 1. The van der Waals surface area contributed by atoms with Crippen molar-refractivity contribution in [2.75, 3.05) is 12.4 Å². The van der Waals surface area contributed by atoms with E-state index < -0.39 is 0 Å². The van der Waals surface area contributed by atoms with Crippen molar-refractivity contribution in [2.24, 2.45) is 5.92 Å². The van der Waals surface area contributed by atoms with Crippen LogP contribution in [-0.4, -0.2) is 18.5 Å². The lowest BCUT2D eigenvalue weighted by atomic mass is 9.89. The molecule has 1 fully saturated rings. The first-order chi connectivity index (χ1) is 7.83. The second kappa shape index (κ2) is 8.45. The SMILES string of the molecule is O=C(N/C=C/C1CCCCC1)NCCCCl. The third kappa shape index (κ3) is 6.01. The predicted octanol–water partition coefficient (Wildman–Crippen LogP) is 3.01. The summed E-state index contributed by atoms with van der Waals surface area (Å²) in [6.07, 6.45) is 11.2. The van der Waals surface area contributed by atoms with Gasteiger partial charge in [0.15, 0.2) is 0 Å². The molecular formula is C12H21ClN2O. The van der Waals surface area contributed by atoms with Crippen LogP contribution in [-0.2, 0) is 0 Å². The fourth-order valence-corrected chi connectivity index (χ4v) is 2.04. The van der Waals surface area contributed by atoms with E-state index >= 15 is 0 Å². The minimum atomic E-state index is -0.142. The van der Waals surface area contributed by atoms with E-state index in [1.165, 1.54) is 32.1 Å². The van der Waals surface area contributed by atoms with Crippen molar-refractivity contribution in [1.29, 1.82) is 0 Å². The number of rotatable bonds is 5. The quantitative estimate of drug-likeness (QED) is 0.567. The van der Waals surface area contributed by atoms with Crippen LogP contribution in [0.4, 0.5) is 4.79 Å². The number of allylic oxidation sites excluding steroid dienone is 1. The smallest absolute Gasteiger partial charge is 0.318 e. The van der Waals surface area contributed by atoms with Gasteiger partial charge in [0.1, 0.15) is 0 Å². The van der Waals surface area contributed by atoms with Crippen LogP contribution in [0, 0.1) is 5.92 Å². The first-order valence-corrected chi connectivity index (χ1v) is 6.63. The summed E-state index contributed by atoms with van der Waals surface area (Å²) in [5.41, 5.74) is 0. The lowest BCUT2D eigenvalue weighted by molar-refractivity contribution is 0.244. The van der Waals surface area contributed by atoms with Crippen molar-refractivity contribution in [3.8, 4) is 0 Å². The molecule has 2 N–H and O–H groups in total. The van der Waals surface area contributed by atoms with E-state index in [-0.39, 0.29) is 6.03 Å². The largest absolute Gasteiger partial charge is 0.338 e. The number of hydrogen-bond acceptors (Lipinski definition) is 1. The van der Waals surface area contributed by atoms with E-state index in [0.29, 0.717) is 18.3 Å². The van der Waals surface area contributed by atoms with Crippen LogP contribution in [0.2, 0.25) is 0 Å². The number of urea groups is 1. The van der Waals surface area contributed by atoms with Crippen LogP contribution in [0.15, 0.2) is 12.3 Å². The molecule has 0 aromatic carbocycles. The summed E-state index contributed by atoms with van der Waals surface area (Å²) in [4.78, 5) is 11.2. The van der Waals surface area contributed by atoms with Crippen LogP contribution in [0.5, 0.6) is 0 Å². The van der Waals surface area contributed by atoms with Crippen LogP contribution >= 0.6 is 11.6 Å². The highest BCUT2D eigenvalue weighted by Gasteiger charge is 2.09. The molecule has 1 aliphatic carbocycles. The van der Waals surface area contributed by atoms with Crippen LogP contribution in [0.25, 0.3) is 0 Å². The van der Waals surface area contributed by atoms with Crippen LogP contribution < -0.4 is 10.6 Å². The van der Waals surface area contributed by atoms with Gasteiger partial charge in [-0.25, -0.2) is 4.79 Å². The van der Waals surface area contributed by atoms with Crippen molar-refractivity contribution in [3.63, 3.8) is 0 Å². The topological polar surface area (TPSA) is 41.1 Å². The Kier molecular flexibility index (Phi) is 7.06. The van der Waals surface area contributed by atoms with E-state index in [0.717, 1.165) is 6.42 Å². The molecule has 0 unspecified atom stereocenters. The average Bonchev–Trinajstić information content (AvgIpc) is 2.31. The van der Waals surface area contributed by atoms with Gasteiger partial charge in [-0.1, -0.05) is 25.3 Å². The third-order valence-corrected chi connectivity index (χ3v) is 3.10. The van der Waals surface area contributed by atoms with Crippen LogP contribution in [0.1, 0.15) is 38.5 Å². The molecule has 16 heavy (non-hydrogen) atoms. The monoisotopic (exact) mass is 244 g/mol. The molecule has 1 saturated carbocycles. The molecule has 0 atom stereocenters. The molecule has 0 aromatic rings. The first kappa shape index (κ1) is 13.4. The minimum Gasteiger partial charge on any atom is -0.338 e. The molecule has 92 valence electrons. The highest BCUT2D eigenvalue weighted by molar-refractivity contribution is 6.17. The summed E-state index contributed by atoms with van der Waals surface area (Å²) in [6, 6.07) is -0.142. The summed E-state index contributed by atoms with van der Waals surface area (Å²) in [5.74, 6) is 1.23. The molecule has 0 aliphatic heterocycles. The highest BCUT2D eigenvalue weighted by Crippen LogP contribution is 2.24. The van der Waals surface area contributed by atoms with E-state index in [1.807, 2.05) is 0 Å². The zero-order valence-electron chi connectivity index (χ0n) is 9.68. The average molecular weight is 245 g/mol. The highest BCUT2D eigenvalue weighted by atomic mass is 35.5. The third-order valence-electron chi connectivity index (χ3n) is 2.83. The van der Waals surface area contributed by atoms with Gasteiger partial charge in [-0.3, -0.25) is 0 Å². The number of amides is 2. The maximum Gasteiger partial charge on any atom is 0.318 e. The van der Waals surface area contributed by atoms with Gasteiger partial charge in [0, 0.05) is 18.6 Å². The Labute approximate surface area is 103 Å². The van der Waals surface area contributed by atoms with Gasteiger partial charge in [-0.2, -0.15) is 0 Å². The van der Waals surface area contributed by atoms with Crippen molar-refractivity contribution >= 4 is 17.6 Å². The van der Waals surface area contributed by atoms with Gasteiger partial charge < -0.3 is 10.6 Å². The lowest BCUT2D eigenvalue weighted by Crippen LogP contribution is -2.33. The lowest BCUT2D eigenvalue weighted by Gasteiger charge is -2.17. The Morgan fingerprint density at radius 2 is 2.06 bits per heavy atom. The molecule has 0 radical (unpaired) electrons. The summed E-state index contributed by atoms with van der Waals surface area (Å²) in [7, 11) is 0. The molecule has 3 nitrogen and oxygen atoms in total. The van der Waals surface area contributed by atoms with Gasteiger partial charge >= 0.3 is 6.03 Å².